The maximum absolute atomic E-state index is 3.91. The van der Waals surface area contributed by atoms with Crippen LogP contribution < -0.4 is 4.34 Å². The van der Waals surface area contributed by atoms with E-state index in [1.807, 2.05) is 0 Å². The zero-order valence-electron chi connectivity index (χ0n) is 2.74. The molecule has 0 amide bonds. The standard InChI is InChI=1S/C2H6BrNS/c3-4-1-2-5/h4-5H,1-2H2. The molecule has 0 radical (unpaired) electrons. The molecule has 0 aromatic carbocycles. The molecule has 0 unspecified atom stereocenters. The number of rotatable bonds is 2. The second-order valence-electron chi connectivity index (χ2n) is 0.607. The fraction of sp³-hybridized carbons (Fsp3) is 1.00. The molecule has 0 bridgehead atoms. The van der Waals surface area contributed by atoms with Crippen LogP contribution in [0.2, 0.25) is 0 Å². The van der Waals surface area contributed by atoms with Gasteiger partial charge in [0.2, 0.25) is 0 Å². The summed E-state index contributed by atoms with van der Waals surface area (Å²) in [4.78, 5) is 0. The van der Waals surface area contributed by atoms with Gasteiger partial charge in [0.15, 0.2) is 0 Å². The molecule has 1 nitrogen and oxygen atoms in total. The summed E-state index contributed by atoms with van der Waals surface area (Å²) in [6.07, 6.45) is 0. The zero-order chi connectivity index (χ0) is 4.12. The molecular formula is C2H6BrNS. The molecule has 0 spiro atoms. The van der Waals surface area contributed by atoms with E-state index >= 15 is 0 Å². The van der Waals surface area contributed by atoms with Crippen LogP contribution in [0.15, 0.2) is 0 Å². The largest absolute Gasteiger partial charge is 0.255 e. The normalized spacial score (nSPS) is 8.40. The highest BCUT2D eigenvalue weighted by Crippen LogP contribution is 1.69. The Morgan fingerprint density at radius 2 is 2.40 bits per heavy atom. The monoisotopic (exact) mass is 155 g/mol. The predicted octanol–water partition coefficient (Wildman–Crippen LogP) is 0.816. The molecule has 0 aliphatic carbocycles. The molecule has 1 N–H and O–H groups in total. The van der Waals surface area contributed by atoms with Crippen LogP contribution in [0.1, 0.15) is 0 Å². The molecule has 5 heavy (non-hydrogen) atoms. The van der Waals surface area contributed by atoms with Gasteiger partial charge >= 0.3 is 0 Å². The van der Waals surface area contributed by atoms with Crippen LogP contribution in [0.3, 0.4) is 0 Å². The van der Waals surface area contributed by atoms with Gasteiger partial charge in [0.1, 0.15) is 0 Å². The summed E-state index contributed by atoms with van der Waals surface area (Å²) in [6, 6.07) is 0. The fourth-order valence-electron chi connectivity index (χ4n) is 0.0423. The second-order valence-corrected chi connectivity index (χ2v) is 1.62. The third-order valence-corrected chi connectivity index (χ3v) is 0.826. The maximum Gasteiger partial charge on any atom is 0.0150 e. The Hall–Kier alpha value is 0.790. The molecule has 0 rings (SSSR count). The van der Waals surface area contributed by atoms with Crippen molar-refractivity contribution in [2.24, 2.45) is 0 Å². The summed E-state index contributed by atoms with van der Waals surface area (Å²) in [7, 11) is 0. The first kappa shape index (κ1) is 5.79. The lowest BCUT2D eigenvalue weighted by atomic mass is 10.8. The topological polar surface area (TPSA) is 12.0 Å². The average molecular weight is 156 g/mol. The van der Waals surface area contributed by atoms with Crippen molar-refractivity contribution in [2.45, 2.75) is 0 Å². The number of thiol groups is 1. The van der Waals surface area contributed by atoms with Crippen molar-refractivity contribution < 1.29 is 0 Å². The van der Waals surface area contributed by atoms with E-state index in [0.717, 1.165) is 12.3 Å². The van der Waals surface area contributed by atoms with E-state index in [2.05, 4.69) is 33.1 Å². The molecule has 0 aromatic rings. The van der Waals surface area contributed by atoms with Gasteiger partial charge in [-0.15, -0.1) is 0 Å². The van der Waals surface area contributed by atoms with Crippen LogP contribution in [0.25, 0.3) is 0 Å². The van der Waals surface area contributed by atoms with Gasteiger partial charge in [-0.1, -0.05) is 0 Å². The molecule has 32 valence electrons. The first-order chi connectivity index (χ1) is 2.41. The van der Waals surface area contributed by atoms with Crippen molar-refractivity contribution in [3.63, 3.8) is 0 Å². The average Bonchev–Trinajstić information content (AvgIpc) is 1.41. The van der Waals surface area contributed by atoms with Crippen molar-refractivity contribution in [2.75, 3.05) is 12.3 Å². The molecule has 0 aromatic heterocycles. The summed E-state index contributed by atoms with van der Waals surface area (Å²) in [6.45, 7) is 0.920. The van der Waals surface area contributed by atoms with Gasteiger partial charge in [-0.3, -0.25) is 4.34 Å². The van der Waals surface area contributed by atoms with Crippen molar-refractivity contribution >= 4 is 28.8 Å². The van der Waals surface area contributed by atoms with Crippen LogP contribution in [0.5, 0.6) is 0 Å². The molecule has 0 atom stereocenters. The maximum atomic E-state index is 3.91. The van der Waals surface area contributed by atoms with Gasteiger partial charge in [0, 0.05) is 28.4 Å². The number of hydrogen-bond donors (Lipinski definition) is 2. The summed E-state index contributed by atoms with van der Waals surface area (Å²) in [5, 5.41) is 0. The highest BCUT2D eigenvalue weighted by molar-refractivity contribution is 9.08. The molecule has 3 heteroatoms. The quantitative estimate of drug-likeness (QED) is 0.445. The summed E-state index contributed by atoms with van der Waals surface area (Å²) >= 11 is 6.92. The Morgan fingerprint density at radius 3 is 2.40 bits per heavy atom. The fourth-order valence-corrected chi connectivity index (χ4v) is 0.659. The molecule has 0 heterocycles. The molecule has 0 aliphatic rings. The van der Waals surface area contributed by atoms with E-state index in [0.29, 0.717) is 0 Å². The molecule has 0 fully saturated rings. The van der Waals surface area contributed by atoms with E-state index in [9.17, 15) is 0 Å². The van der Waals surface area contributed by atoms with E-state index in [4.69, 9.17) is 0 Å². The van der Waals surface area contributed by atoms with Crippen molar-refractivity contribution in [1.29, 1.82) is 0 Å². The highest BCUT2D eigenvalue weighted by atomic mass is 79.9. The number of halogens is 1. The van der Waals surface area contributed by atoms with Gasteiger partial charge in [0.05, 0.1) is 0 Å². The van der Waals surface area contributed by atoms with Gasteiger partial charge < -0.3 is 0 Å². The van der Waals surface area contributed by atoms with Crippen molar-refractivity contribution in [3.05, 3.63) is 0 Å². The third kappa shape index (κ3) is 4.79. The van der Waals surface area contributed by atoms with Crippen LogP contribution >= 0.6 is 28.8 Å². The Balaban J connectivity index is 2.19. The van der Waals surface area contributed by atoms with Gasteiger partial charge in [-0.25, -0.2) is 0 Å². The lowest BCUT2D eigenvalue weighted by Crippen LogP contribution is -1.99. The summed E-state index contributed by atoms with van der Waals surface area (Å²) in [5.41, 5.74) is 0. The predicted molar refractivity (Wildman–Crippen MR) is 30.8 cm³/mol. The molecule has 0 saturated carbocycles. The van der Waals surface area contributed by atoms with Gasteiger partial charge in [-0.05, 0) is 0 Å². The second kappa shape index (κ2) is 4.79. The van der Waals surface area contributed by atoms with Crippen LogP contribution in [-0.2, 0) is 0 Å². The van der Waals surface area contributed by atoms with Crippen LogP contribution in [-0.4, -0.2) is 12.3 Å². The first-order valence-electron chi connectivity index (χ1n) is 1.36. The van der Waals surface area contributed by atoms with E-state index in [1.54, 1.807) is 0 Å². The SMILES string of the molecule is SCCNBr. The van der Waals surface area contributed by atoms with Crippen molar-refractivity contribution in [3.8, 4) is 0 Å². The smallest absolute Gasteiger partial charge is 0.0150 e. The van der Waals surface area contributed by atoms with Gasteiger partial charge in [0.25, 0.3) is 0 Å². The van der Waals surface area contributed by atoms with Crippen LogP contribution in [0, 0.1) is 0 Å². The van der Waals surface area contributed by atoms with E-state index in [-0.39, 0.29) is 0 Å². The highest BCUT2D eigenvalue weighted by Gasteiger charge is 1.67. The lowest BCUT2D eigenvalue weighted by Gasteiger charge is -1.81. The number of hydrogen-bond acceptors (Lipinski definition) is 2. The Kier molecular flexibility index (Phi) is 5.55. The Labute approximate surface area is 45.9 Å². The van der Waals surface area contributed by atoms with E-state index in [1.165, 1.54) is 0 Å². The molecule has 0 aliphatic heterocycles. The van der Waals surface area contributed by atoms with E-state index < -0.39 is 0 Å². The third-order valence-electron chi connectivity index (χ3n) is 0.206. The zero-order valence-corrected chi connectivity index (χ0v) is 5.22. The minimum atomic E-state index is 0.880. The lowest BCUT2D eigenvalue weighted by molar-refractivity contribution is 1.07. The Morgan fingerprint density at radius 1 is 1.80 bits per heavy atom. The van der Waals surface area contributed by atoms with Gasteiger partial charge in [-0.2, -0.15) is 12.6 Å². The molecular weight excluding hydrogens is 150 g/mol. The summed E-state index contributed by atoms with van der Waals surface area (Å²) in [5.74, 6) is 0.880. The Bertz CT molecular complexity index is 17.1. The van der Waals surface area contributed by atoms with Crippen molar-refractivity contribution in [1.82, 2.24) is 4.34 Å². The minimum absolute atomic E-state index is 0.880. The molecule has 0 saturated heterocycles. The minimum Gasteiger partial charge on any atom is -0.255 e. The van der Waals surface area contributed by atoms with Crippen LogP contribution in [0.4, 0.5) is 0 Å². The number of nitrogens with one attached hydrogen (secondary N) is 1. The summed E-state index contributed by atoms with van der Waals surface area (Å²) < 4.78 is 2.75. The first-order valence-corrected chi connectivity index (χ1v) is 2.78.